The van der Waals surface area contributed by atoms with Crippen LogP contribution in [-0.2, 0) is 0 Å². The number of methoxy groups -OCH3 is 2. The Bertz CT molecular complexity index is 1140. The van der Waals surface area contributed by atoms with Crippen molar-refractivity contribution in [2.75, 3.05) is 27.4 Å². The normalized spacial score (nSPS) is 10.0. The van der Waals surface area contributed by atoms with Gasteiger partial charge >= 0.3 is 5.63 Å². The van der Waals surface area contributed by atoms with Gasteiger partial charge in [-0.1, -0.05) is 36.1 Å². The Kier molecular flexibility index (Phi) is 6.38. The van der Waals surface area contributed by atoms with Crippen LogP contribution in [0.4, 0.5) is 0 Å². The van der Waals surface area contributed by atoms with Crippen LogP contribution in [0.25, 0.3) is 11.0 Å². The van der Waals surface area contributed by atoms with Crippen molar-refractivity contribution in [1.29, 1.82) is 0 Å². The molecule has 0 aliphatic heterocycles. The Hall–Kier alpha value is -3.92. The van der Waals surface area contributed by atoms with Crippen LogP contribution in [0.1, 0.15) is 10.4 Å². The van der Waals surface area contributed by atoms with Crippen LogP contribution < -0.4 is 25.2 Å². The minimum Gasteiger partial charge on any atom is -0.493 e. The van der Waals surface area contributed by atoms with Crippen LogP contribution >= 0.6 is 0 Å². The molecule has 3 rings (SSSR count). The monoisotopic (exact) mass is 393 g/mol. The first kappa shape index (κ1) is 19.8. The maximum absolute atomic E-state index is 12.3. The summed E-state index contributed by atoms with van der Waals surface area (Å²) in [6, 6.07) is 13.8. The molecule has 0 radical (unpaired) electrons. The van der Waals surface area contributed by atoms with Crippen LogP contribution in [0.2, 0.25) is 0 Å². The summed E-state index contributed by atoms with van der Waals surface area (Å²) < 4.78 is 21.1. The quantitative estimate of drug-likeness (QED) is 0.512. The zero-order valence-corrected chi connectivity index (χ0v) is 16.0. The summed E-state index contributed by atoms with van der Waals surface area (Å²) in [5.74, 6) is 6.61. The molecule has 29 heavy (non-hydrogen) atoms. The van der Waals surface area contributed by atoms with Crippen LogP contribution in [-0.4, -0.2) is 33.3 Å². The van der Waals surface area contributed by atoms with Crippen molar-refractivity contribution in [3.63, 3.8) is 0 Å². The number of hydrogen-bond donors (Lipinski definition) is 1. The largest absolute Gasteiger partial charge is 0.493 e. The van der Waals surface area contributed by atoms with E-state index in [-0.39, 0.29) is 18.7 Å². The molecule has 0 unspecified atom stereocenters. The van der Waals surface area contributed by atoms with Crippen molar-refractivity contribution in [1.82, 2.24) is 5.32 Å². The first-order chi connectivity index (χ1) is 14.1. The molecule has 0 fully saturated rings. The average molecular weight is 393 g/mol. The number of carbonyl (C=O) groups is 1. The lowest BCUT2D eigenvalue weighted by Crippen LogP contribution is -2.28. The van der Waals surface area contributed by atoms with Gasteiger partial charge in [0.15, 0.2) is 22.8 Å². The van der Waals surface area contributed by atoms with Crippen LogP contribution in [0.3, 0.4) is 0 Å². The highest BCUT2D eigenvalue weighted by atomic mass is 16.5. The third kappa shape index (κ3) is 4.68. The SMILES string of the molecule is COc1ccccc1OCC#CCNC(=O)c1cc2cccc(OC)c2oc1=O. The van der Waals surface area contributed by atoms with Gasteiger partial charge in [-0.05, 0) is 24.3 Å². The van der Waals surface area contributed by atoms with Gasteiger partial charge in [-0.25, -0.2) is 4.79 Å². The second-order valence-electron chi connectivity index (χ2n) is 5.80. The summed E-state index contributed by atoms with van der Waals surface area (Å²) in [5, 5.41) is 3.16. The van der Waals surface area contributed by atoms with Gasteiger partial charge in [-0.3, -0.25) is 4.79 Å². The Labute approximate surface area is 167 Å². The minimum absolute atomic E-state index is 0.0592. The van der Waals surface area contributed by atoms with Crippen molar-refractivity contribution in [3.05, 3.63) is 64.5 Å². The molecular weight excluding hydrogens is 374 g/mol. The van der Waals surface area contributed by atoms with Crippen molar-refractivity contribution in [3.8, 4) is 29.1 Å². The van der Waals surface area contributed by atoms with Gasteiger partial charge in [0.1, 0.15) is 12.2 Å². The minimum atomic E-state index is -0.744. The first-order valence-corrected chi connectivity index (χ1v) is 8.74. The van der Waals surface area contributed by atoms with Crippen molar-refractivity contribution in [2.24, 2.45) is 0 Å². The lowest BCUT2D eigenvalue weighted by Gasteiger charge is -2.07. The highest BCUT2D eigenvalue weighted by molar-refractivity contribution is 5.97. The average Bonchev–Trinajstić information content (AvgIpc) is 2.75. The van der Waals surface area contributed by atoms with Gasteiger partial charge in [0.25, 0.3) is 5.91 Å². The predicted molar refractivity (Wildman–Crippen MR) is 108 cm³/mol. The fraction of sp³-hybridized carbons (Fsp3) is 0.182. The molecule has 0 aliphatic rings. The zero-order valence-electron chi connectivity index (χ0n) is 16.0. The fourth-order valence-electron chi connectivity index (χ4n) is 2.62. The zero-order chi connectivity index (χ0) is 20.6. The van der Waals surface area contributed by atoms with E-state index in [4.69, 9.17) is 18.6 Å². The number of fused-ring (bicyclic) bond motifs is 1. The molecule has 0 saturated heterocycles. The second-order valence-corrected chi connectivity index (χ2v) is 5.80. The highest BCUT2D eigenvalue weighted by Gasteiger charge is 2.14. The van der Waals surface area contributed by atoms with E-state index >= 15 is 0 Å². The standard InChI is InChI=1S/C22H19NO6/c1-26-17-9-3-4-10-18(17)28-13-6-5-12-23-21(24)16-14-15-8-7-11-19(27-2)20(15)29-22(16)25/h3-4,7-11,14H,12-13H2,1-2H3,(H,23,24). The fourth-order valence-corrected chi connectivity index (χ4v) is 2.62. The lowest BCUT2D eigenvalue weighted by molar-refractivity contribution is 0.0955. The predicted octanol–water partition coefficient (Wildman–Crippen LogP) is 2.62. The molecule has 1 aromatic heterocycles. The number of rotatable bonds is 6. The highest BCUT2D eigenvalue weighted by Crippen LogP contribution is 2.25. The van der Waals surface area contributed by atoms with E-state index in [0.29, 0.717) is 28.2 Å². The van der Waals surface area contributed by atoms with Crippen molar-refractivity contribution < 1.29 is 23.4 Å². The summed E-state index contributed by atoms with van der Waals surface area (Å²) in [5.41, 5.74) is -0.547. The van der Waals surface area contributed by atoms with Crippen molar-refractivity contribution >= 4 is 16.9 Å². The summed E-state index contributed by atoms with van der Waals surface area (Å²) in [6.07, 6.45) is 0. The smallest absolute Gasteiger partial charge is 0.349 e. The van der Waals surface area contributed by atoms with E-state index in [9.17, 15) is 9.59 Å². The number of para-hydroxylation sites is 3. The second kappa shape index (κ2) is 9.33. The Morgan fingerprint density at radius 2 is 1.72 bits per heavy atom. The number of nitrogens with one attached hydrogen (secondary N) is 1. The van der Waals surface area contributed by atoms with Crippen molar-refractivity contribution in [2.45, 2.75) is 0 Å². The first-order valence-electron chi connectivity index (χ1n) is 8.74. The molecule has 148 valence electrons. The molecule has 0 bridgehead atoms. The molecule has 0 atom stereocenters. The van der Waals surface area contributed by atoms with Crippen LogP contribution in [0, 0.1) is 11.8 Å². The molecular formula is C22H19NO6. The molecule has 7 heteroatoms. The molecule has 2 aromatic carbocycles. The van der Waals surface area contributed by atoms with E-state index < -0.39 is 11.5 Å². The third-order valence-electron chi connectivity index (χ3n) is 4.02. The summed E-state index contributed by atoms with van der Waals surface area (Å²) in [6.45, 7) is 0.192. The van der Waals surface area contributed by atoms with Gasteiger partial charge in [-0.15, -0.1) is 0 Å². The molecule has 1 amide bonds. The Balaban J connectivity index is 1.60. The van der Waals surface area contributed by atoms with E-state index in [1.54, 1.807) is 37.4 Å². The van der Waals surface area contributed by atoms with Crippen LogP contribution in [0.5, 0.6) is 17.2 Å². The summed E-state index contributed by atoms with van der Waals surface area (Å²) in [4.78, 5) is 24.4. The molecule has 3 aromatic rings. The van der Waals surface area contributed by atoms with Gasteiger partial charge in [-0.2, -0.15) is 0 Å². The van der Waals surface area contributed by atoms with E-state index in [2.05, 4.69) is 17.2 Å². The summed E-state index contributed by atoms with van der Waals surface area (Å²) >= 11 is 0. The number of amides is 1. The number of carbonyl (C=O) groups excluding carboxylic acids is 1. The number of hydrogen-bond acceptors (Lipinski definition) is 6. The van der Waals surface area contributed by atoms with E-state index in [0.717, 1.165) is 0 Å². The van der Waals surface area contributed by atoms with E-state index in [1.807, 2.05) is 12.1 Å². The number of benzene rings is 2. The Morgan fingerprint density at radius 3 is 2.48 bits per heavy atom. The number of ether oxygens (including phenoxy) is 3. The lowest BCUT2D eigenvalue weighted by atomic mass is 10.1. The van der Waals surface area contributed by atoms with E-state index in [1.165, 1.54) is 13.2 Å². The van der Waals surface area contributed by atoms with Crippen LogP contribution in [0.15, 0.2) is 57.7 Å². The molecule has 0 aliphatic carbocycles. The van der Waals surface area contributed by atoms with Gasteiger partial charge in [0.2, 0.25) is 0 Å². The molecule has 0 spiro atoms. The summed E-state index contributed by atoms with van der Waals surface area (Å²) in [7, 11) is 3.04. The maximum atomic E-state index is 12.3. The topological polar surface area (TPSA) is 87.0 Å². The molecule has 0 saturated carbocycles. The molecule has 1 heterocycles. The van der Waals surface area contributed by atoms with Gasteiger partial charge in [0.05, 0.1) is 20.8 Å². The van der Waals surface area contributed by atoms with Gasteiger partial charge in [0, 0.05) is 5.39 Å². The maximum Gasteiger partial charge on any atom is 0.349 e. The molecule has 1 N–H and O–H groups in total. The van der Waals surface area contributed by atoms with Gasteiger partial charge < -0.3 is 23.9 Å². The Morgan fingerprint density at radius 1 is 1.00 bits per heavy atom. The molecule has 7 nitrogen and oxygen atoms in total. The third-order valence-corrected chi connectivity index (χ3v) is 4.02.